The van der Waals surface area contributed by atoms with Crippen LogP contribution in [-0.2, 0) is 7.05 Å². The van der Waals surface area contributed by atoms with Crippen molar-refractivity contribution in [3.63, 3.8) is 0 Å². The van der Waals surface area contributed by atoms with Crippen molar-refractivity contribution < 1.29 is 4.57 Å². The van der Waals surface area contributed by atoms with Gasteiger partial charge in [-0.3, -0.25) is 0 Å². The molecular formula is C27H23N2+. The fourth-order valence-electron chi connectivity index (χ4n) is 4.20. The van der Waals surface area contributed by atoms with Crippen LogP contribution in [0.4, 0.5) is 0 Å². The molecular weight excluding hydrogens is 352 g/mol. The third kappa shape index (κ3) is 2.85. The zero-order valence-electron chi connectivity index (χ0n) is 16.7. The average Bonchev–Trinajstić information content (AvgIpc) is 3.04. The fourth-order valence-corrected chi connectivity index (χ4v) is 4.20. The fraction of sp³-hybridized carbons (Fsp3) is 0.0741. The minimum absolute atomic E-state index is 1.20. The monoisotopic (exact) mass is 375 g/mol. The van der Waals surface area contributed by atoms with Crippen LogP contribution in [0.1, 0.15) is 5.82 Å². The minimum Gasteiger partial charge on any atom is -0.230 e. The molecule has 0 aliphatic rings. The SMILES string of the molecule is Cc1n(-c2c(-c3ccccc3)cccc2-c2ccccc2)c2ccccc2[n+]1C. The van der Waals surface area contributed by atoms with Gasteiger partial charge in [0.2, 0.25) is 0 Å². The molecule has 0 unspecified atom stereocenters. The second-order valence-corrected chi connectivity index (χ2v) is 7.36. The second kappa shape index (κ2) is 7.06. The lowest BCUT2D eigenvalue weighted by Crippen LogP contribution is -2.30. The number of aryl methyl sites for hydroxylation is 1. The molecule has 0 saturated carbocycles. The molecule has 0 spiro atoms. The highest BCUT2D eigenvalue weighted by Gasteiger charge is 2.26. The highest BCUT2D eigenvalue weighted by atomic mass is 15.2. The van der Waals surface area contributed by atoms with Gasteiger partial charge in [0.25, 0.3) is 5.82 Å². The Bertz CT molecular complexity index is 1240. The summed E-state index contributed by atoms with van der Waals surface area (Å²) >= 11 is 0. The van der Waals surface area contributed by atoms with Gasteiger partial charge in [-0.15, -0.1) is 0 Å². The quantitative estimate of drug-likeness (QED) is 0.337. The van der Waals surface area contributed by atoms with Crippen LogP contribution in [0.2, 0.25) is 0 Å². The first-order valence-corrected chi connectivity index (χ1v) is 9.96. The number of nitrogens with zero attached hydrogens (tertiary/aromatic N) is 2. The van der Waals surface area contributed by atoms with E-state index in [1.807, 2.05) is 0 Å². The first-order valence-electron chi connectivity index (χ1n) is 9.96. The summed E-state index contributed by atoms with van der Waals surface area (Å²) in [6, 6.07) is 36.6. The van der Waals surface area contributed by atoms with Gasteiger partial charge in [0.1, 0.15) is 5.69 Å². The second-order valence-electron chi connectivity index (χ2n) is 7.36. The molecule has 0 fully saturated rings. The van der Waals surface area contributed by atoms with E-state index >= 15 is 0 Å². The molecule has 29 heavy (non-hydrogen) atoms. The molecule has 0 aliphatic heterocycles. The lowest BCUT2D eigenvalue weighted by Gasteiger charge is -2.14. The van der Waals surface area contributed by atoms with Gasteiger partial charge in [0.05, 0.1) is 7.05 Å². The van der Waals surface area contributed by atoms with Crippen molar-refractivity contribution in [1.29, 1.82) is 0 Å². The van der Waals surface area contributed by atoms with E-state index in [4.69, 9.17) is 0 Å². The molecule has 0 amide bonds. The lowest BCUT2D eigenvalue weighted by molar-refractivity contribution is -0.652. The van der Waals surface area contributed by atoms with Gasteiger partial charge in [-0.25, -0.2) is 4.57 Å². The van der Waals surface area contributed by atoms with E-state index in [0.29, 0.717) is 0 Å². The third-order valence-electron chi connectivity index (χ3n) is 5.72. The van der Waals surface area contributed by atoms with E-state index in [-0.39, 0.29) is 0 Å². The van der Waals surface area contributed by atoms with Gasteiger partial charge in [0, 0.05) is 18.1 Å². The van der Waals surface area contributed by atoms with Crippen molar-refractivity contribution >= 4 is 11.0 Å². The van der Waals surface area contributed by atoms with E-state index < -0.39 is 0 Å². The summed E-state index contributed by atoms with van der Waals surface area (Å²) in [7, 11) is 2.14. The maximum atomic E-state index is 2.40. The van der Waals surface area contributed by atoms with Crippen LogP contribution >= 0.6 is 0 Å². The Balaban J connectivity index is 1.93. The Morgan fingerprint density at radius 3 is 1.69 bits per heavy atom. The van der Waals surface area contributed by atoms with Crippen LogP contribution < -0.4 is 4.57 Å². The Morgan fingerprint density at radius 1 is 0.586 bits per heavy atom. The van der Waals surface area contributed by atoms with Gasteiger partial charge in [-0.2, -0.15) is 4.57 Å². The summed E-state index contributed by atoms with van der Waals surface area (Å²) < 4.78 is 4.67. The zero-order chi connectivity index (χ0) is 19.8. The van der Waals surface area contributed by atoms with Crippen LogP contribution in [0.15, 0.2) is 103 Å². The number of hydrogen-bond acceptors (Lipinski definition) is 0. The standard InChI is InChI=1S/C27H23N2/c1-20-28(2)25-18-9-10-19-26(25)29(20)27-23(21-12-5-3-6-13-21)16-11-17-24(27)22-14-7-4-8-15-22/h3-19H,1-2H3/q+1. The number of fused-ring (bicyclic) bond motifs is 1. The maximum Gasteiger partial charge on any atom is 0.259 e. The van der Waals surface area contributed by atoms with E-state index in [1.165, 1.54) is 44.8 Å². The maximum absolute atomic E-state index is 2.40. The van der Waals surface area contributed by atoms with Gasteiger partial charge in [-0.1, -0.05) is 91.0 Å². The first-order chi connectivity index (χ1) is 14.3. The third-order valence-corrected chi connectivity index (χ3v) is 5.72. The highest BCUT2D eigenvalue weighted by Crippen LogP contribution is 2.37. The van der Waals surface area contributed by atoms with Crippen molar-refractivity contribution in [2.75, 3.05) is 0 Å². The molecule has 0 aliphatic carbocycles. The van der Waals surface area contributed by atoms with Crippen LogP contribution in [0.25, 0.3) is 39.0 Å². The summed E-state index contributed by atoms with van der Waals surface area (Å²) in [5.74, 6) is 1.20. The molecule has 5 aromatic rings. The van der Waals surface area contributed by atoms with Crippen LogP contribution in [0.3, 0.4) is 0 Å². The Kier molecular flexibility index (Phi) is 4.25. The molecule has 2 heteroatoms. The molecule has 0 atom stereocenters. The van der Waals surface area contributed by atoms with Gasteiger partial charge in [-0.05, 0) is 23.3 Å². The first kappa shape index (κ1) is 17.4. The van der Waals surface area contributed by atoms with E-state index in [1.54, 1.807) is 0 Å². The molecule has 1 heterocycles. The smallest absolute Gasteiger partial charge is 0.230 e. The molecule has 0 bridgehead atoms. The number of rotatable bonds is 3. The Morgan fingerprint density at radius 2 is 1.10 bits per heavy atom. The van der Waals surface area contributed by atoms with E-state index in [0.717, 1.165) is 0 Å². The molecule has 0 saturated heterocycles. The number of aromatic nitrogens is 2. The Labute approximate surface area is 171 Å². The molecule has 1 aromatic heterocycles. The molecule has 0 N–H and O–H groups in total. The average molecular weight is 375 g/mol. The van der Waals surface area contributed by atoms with E-state index in [2.05, 4.69) is 126 Å². The van der Waals surface area contributed by atoms with Crippen molar-refractivity contribution in [3.8, 4) is 27.9 Å². The van der Waals surface area contributed by atoms with Crippen molar-refractivity contribution in [1.82, 2.24) is 4.57 Å². The van der Waals surface area contributed by atoms with Crippen molar-refractivity contribution in [2.45, 2.75) is 6.92 Å². The van der Waals surface area contributed by atoms with Gasteiger partial charge in [0.15, 0.2) is 11.0 Å². The topological polar surface area (TPSA) is 8.81 Å². The number of hydrogen-bond donors (Lipinski definition) is 0. The van der Waals surface area contributed by atoms with Gasteiger partial charge >= 0.3 is 0 Å². The summed E-state index contributed by atoms with van der Waals surface area (Å²) in [4.78, 5) is 0. The summed E-state index contributed by atoms with van der Waals surface area (Å²) in [5.41, 5.74) is 8.58. The minimum atomic E-state index is 1.20. The van der Waals surface area contributed by atoms with Gasteiger partial charge < -0.3 is 0 Å². The molecule has 140 valence electrons. The summed E-state index contributed by atoms with van der Waals surface area (Å²) in [5, 5.41) is 0. The number of para-hydroxylation sites is 3. The molecule has 4 aromatic carbocycles. The number of benzene rings is 4. The zero-order valence-corrected chi connectivity index (χ0v) is 16.7. The largest absolute Gasteiger partial charge is 0.259 e. The molecule has 2 nitrogen and oxygen atoms in total. The molecule has 5 rings (SSSR count). The Hall–Kier alpha value is -3.65. The predicted molar refractivity (Wildman–Crippen MR) is 120 cm³/mol. The van der Waals surface area contributed by atoms with Crippen molar-refractivity contribution in [3.05, 3.63) is 109 Å². The number of imidazole rings is 1. The normalized spacial score (nSPS) is 11.1. The summed E-state index contributed by atoms with van der Waals surface area (Å²) in [6.45, 7) is 2.19. The summed E-state index contributed by atoms with van der Waals surface area (Å²) in [6.07, 6.45) is 0. The van der Waals surface area contributed by atoms with Crippen LogP contribution in [0, 0.1) is 6.92 Å². The highest BCUT2D eigenvalue weighted by molar-refractivity contribution is 5.88. The predicted octanol–water partition coefficient (Wildman–Crippen LogP) is 6.10. The van der Waals surface area contributed by atoms with Crippen LogP contribution in [-0.4, -0.2) is 4.57 Å². The molecule has 0 radical (unpaired) electrons. The van der Waals surface area contributed by atoms with Crippen LogP contribution in [0.5, 0.6) is 0 Å². The lowest BCUT2D eigenvalue weighted by atomic mass is 9.95. The van der Waals surface area contributed by atoms with E-state index in [9.17, 15) is 0 Å². The van der Waals surface area contributed by atoms with Crippen molar-refractivity contribution in [2.24, 2.45) is 7.05 Å².